The van der Waals surface area contributed by atoms with Crippen LogP contribution in [0.4, 0.5) is 5.69 Å². The summed E-state index contributed by atoms with van der Waals surface area (Å²) in [6.07, 6.45) is 1.55. The van der Waals surface area contributed by atoms with Gasteiger partial charge >= 0.3 is 0 Å². The second kappa shape index (κ2) is 8.14. The molecule has 0 aromatic carbocycles. The van der Waals surface area contributed by atoms with Gasteiger partial charge in [-0.3, -0.25) is 9.59 Å². The molecule has 0 atom stereocenters. The maximum absolute atomic E-state index is 12.1. The van der Waals surface area contributed by atoms with Gasteiger partial charge in [-0.15, -0.1) is 0 Å². The fraction of sp³-hybridized carbons (Fsp3) is 0.615. The largest absolute Gasteiger partial charge is 0.374 e. The number of nitrogens with zero attached hydrogens (tertiary/aromatic N) is 3. The average molecular weight is 360 g/mol. The summed E-state index contributed by atoms with van der Waals surface area (Å²) in [6.45, 7) is 5.11. The van der Waals surface area contributed by atoms with Crippen molar-refractivity contribution < 1.29 is 4.79 Å². The number of likely N-dealkylation sites (N-methyl/N-ethyl adjacent to an activating group) is 1. The SMILES string of the molecule is CC(C)NC(=O)CNc1cnn(CCN(C)C)c(=O)c1Br. The summed E-state index contributed by atoms with van der Waals surface area (Å²) in [5.41, 5.74) is 0.297. The van der Waals surface area contributed by atoms with Crippen LogP contribution in [0.25, 0.3) is 0 Å². The number of aromatic nitrogens is 2. The van der Waals surface area contributed by atoms with Gasteiger partial charge in [-0.1, -0.05) is 0 Å². The first-order valence-electron chi connectivity index (χ1n) is 6.75. The fourth-order valence-electron chi connectivity index (χ4n) is 1.59. The summed E-state index contributed by atoms with van der Waals surface area (Å²) in [5.74, 6) is -0.131. The molecule has 21 heavy (non-hydrogen) atoms. The number of hydrogen-bond donors (Lipinski definition) is 2. The summed E-state index contributed by atoms with van der Waals surface area (Å²) in [4.78, 5) is 25.7. The molecule has 1 amide bonds. The molecule has 1 aromatic rings. The van der Waals surface area contributed by atoms with Gasteiger partial charge in [-0.05, 0) is 43.9 Å². The van der Waals surface area contributed by atoms with E-state index >= 15 is 0 Å². The van der Waals surface area contributed by atoms with Gasteiger partial charge in [0.2, 0.25) is 5.91 Å². The molecule has 0 aliphatic heterocycles. The van der Waals surface area contributed by atoms with Crippen LogP contribution < -0.4 is 16.2 Å². The Bertz CT molecular complexity index is 542. The van der Waals surface area contributed by atoms with Crippen molar-refractivity contribution in [3.8, 4) is 0 Å². The third-order valence-corrected chi connectivity index (χ3v) is 3.40. The van der Waals surface area contributed by atoms with E-state index in [0.717, 1.165) is 6.54 Å². The van der Waals surface area contributed by atoms with E-state index in [1.54, 1.807) is 6.20 Å². The predicted molar refractivity (Wildman–Crippen MR) is 86.5 cm³/mol. The minimum atomic E-state index is -0.217. The number of hydrogen-bond acceptors (Lipinski definition) is 5. The van der Waals surface area contributed by atoms with Gasteiger partial charge in [0.15, 0.2) is 0 Å². The van der Waals surface area contributed by atoms with Gasteiger partial charge in [-0.25, -0.2) is 4.68 Å². The van der Waals surface area contributed by atoms with E-state index in [2.05, 4.69) is 31.7 Å². The minimum absolute atomic E-state index is 0.0832. The molecule has 0 aliphatic rings. The molecule has 1 rings (SSSR count). The lowest BCUT2D eigenvalue weighted by Crippen LogP contribution is -2.35. The van der Waals surface area contributed by atoms with Crippen molar-refractivity contribution in [2.24, 2.45) is 0 Å². The first-order chi connectivity index (χ1) is 9.81. The van der Waals surface area contributed by atoms with Crippen LogP contribution in [-0.2, 0) is 11.3 Å². The molecule has 0 aliphatic carbocycles. The number of carbonyl (C=O) groups is 1. The molecule has 2 N–H and O–H groups in total. The quantitative estimate of drug-likeness (QED) is 0.741. The third-order valence-electron chi connectivity index (χ3n) is 2.63. The summed E-state index contributed by atoms with van der Waals surface area (Å²) in [5, 5.41) is 9.77. The lowest BCUT2D eigenvalue weighted by molar-refractivity contribution is -0.119. The zero-order valence-electron chi connectivity index (χ0n) is 12.8. The lowest BCUT2D eigenvalue weighted by atomic mass is 10.4. The van der Waals surface area contributed by atoms with Crippen molar-refractivity contribution >= 4 is 27.5 Å². The van der Waals surface area contributed by atoms with Crippen molar-refractivity contribution in [2.75, 3.05) is 32.5 Å². The van der Waals surface area contributed by atoms with Gasteiger partial charge in [-0.2, -0.15) is 5.10 Å². The van der Waals surface area contributed by atoms with Crippen molar-refractivity contribution in [2.45, 2.75) is 26.4 Å². The topological polar surface area (TPSA) is 79.3 Å². The normalized spacial score (nSPS) is 11.0. The number of carbonyl (C=O) groups excluding carboxylic acids is 1. The van der Waals surface area contributed by atoms with Crippen LogP contribution in [0.1, 0.15) is 13.8 Å². The maximum atomic E-state index is 12.1. The zero-order chi connectivity index (χ0) is 16.0. The second-order valence-electron chi connectivity index (χ2n) is 5.28. The first kappa shape index (κ1) is 17.6. The van der Waals surface area contributed by atoms with E-state index < -0.39 is 0 Å². The van der Waals surface area contributed by atoms with E-state index in [1.165, 1.54) is 4.68 Å². The summed E-state index contributed by atoms with van der Waals surface area (Å²) in [6, 6.07) is 0.0832. The molecule has 0 spiro atoms. The summed E-state index contributed by atoms with van der Waals surface area (Å²) < 4.78 is 1.78. The number of rotatable bonds is 7. The summed E-state index contributed by atoms with van der Waals surface area (Å²) >= 11 is 3.26. The maximum Gasteiger partial charge on any atom is 0.283 e. The van der Waals surface area contributed by atoms with Crippen LogP contribution in [-0.4, -0.2) is 53.8 Å². The Morgan fingerprint density at radius 3 is 2.71 bits per heavy atom. The van der Waals surface area contributed by atoms with Crippen LogP contribution in [0.3, 0.4) is 0 Å². The number of amides is 1. The van der Waals surface area contributed by atoms with E-state index in [-0.39, 0.29) is 24.1 Å². The van der Waals surface area contributed by atoms with Crippen LogP contribution in [0.2, 0.25) is 0 Å². The molecule has 8 heteroatoms. The Kier molecular flexibility index (Phi) is 6.83. The zero-order valence-corrected chi connectivity index (χ0v) is 14.4. The molecule has 0 saturated carbocycles. The molecule has 0 radical (unpaired) electrons. The molecule has 0 unspecified atom stereocenters. The highest BCUT2D eigenvalue weighted by Crippen LogP contribution is 2.15. The molecule has 0 saturated heterocycles. The van der Waals surface area contributed by atoms with Crippen molar-refractivity contribution in [3.63, 3.8) is 0 Å². The van der Waals surface area contributed by atoms with Crippen LogP contribution in [0.15, 0.2) is 15.5 Å². The highest BCUT2D eigenvalue weighted by molar-refractivity contribution is 9.10. The molecular weight excluding hydrogens is 338 g/mol. The number of anilines is 1. The van der Waals surface area contributed by atoms with Crippen LogP contribution >= 0.6 is 15.9 Å². The van der Waals surface area contributed by atoms with Crippen LogP contribution in [0.5, 0.6) is 0 Å². The minimum Gasteiger partial charge on any atom is -0.374 e. The molecule has 1 heterocycles. The molecule has 118 valence electrons. The predicted octanol–water partition coefficient (Wildman–Crippen LogP) is 0.504. The smallest absolute Gasteiger partial charge is 0.283 e. The molecule has 0 fully saturated rings. The van der Waals surface area contributed by atoms with Gasteiger partial charge in [0, 0.05) is 12.6 Å². The highest BCUT2D eigenvalue weighted by Gasteiger charge is 2.10. The summed E-state index contributed by atoms with van der Waals surface area (Å²) in [7, 11) is 3.87. The van der Waals surface area contributed by atoms with Crippen molar-refractivity contribution in [3.05, 3.63) is 21.0 Å². The van der Waals surface area contributed by atoms with E-state index in [4.69, 9.17) is 0 Å². The molecule has 0 bridgehead atoms. The Morgan fingerprint density at radius 1 is 1.48 bits per heavy atom. The lowest BCUT2D eigenvalue weighted by Gasteiger charge is -2.13. The van der Waals surface area contributed by atoms with Crippen molar-refractivity contribution in [1.29, 1.82) is 0 Å². The highest BCUT2D eigenvalue weighted by atomic mass is 79.9. The standard InChI is InChI=1S/C13H22BrN5O2/c1-9(2)17-11(20)8-15-10-7-16-19(6-5-18(3)4)13(21)12(10)14/h7,9,15H,5-6,8H2,1-4H3,(H,17,20). The fourth-order valence-corrected chi connectivity index (χ4v) is 2.04. The third kappa shape index (κ3) is 5.84. The monoisotopic (exact) mass is 359 g/mol. The van der Waals surface area contributed by atoms with Gasteiger partial charge < -0.3 is 15.5 Å². The average Bonchev–Trinajstić information content (AvgIpc) is 2.38. The van der Waals surface area contributed by atoms with E-state index in [1.807, 2.05) is 32.8 Å². The number of halogens is 1. The number of nitrogens with one attached hydrogen (secondary N) is 2. The van der Waals surface area contributed by atoms with Crippen molar-refractivity contribution in [1.82, 2.24) is 20.0 Å². The Morgan fingerprint density at radius 2 is 2.14 bits per heavy atom. The van der Waals surface area contributed by atoms with Gasteiger partial charge in [0.25, 0.3) is 5.56 Å². The van der Waals surface area contributed by atoms with Gasteiger partial charge in [0.05, 0.1) is 25.0 Å². The molecular formula is C13H22BrN5O2. The van der Waals surface area contributed by atoms with E-state index in [0.29, 0.717) is 16.7 Å². The Labute approximate surface area is 132 Å². The second-order valence-corrected chi connectivity index (χ2v) is 6.07. The Balaban J connectivity index is 2.71. The molecule has 7 nitrogen and oxygen atoms in total. The van der Waals surface area contributed by atoms with Crippen LogP contribution in [0, 0.1) is 0 Å². The van der Waals surface area contributed by atoms with E-state index in [9.17, 15) is 9.59 Å². The first-order valence-corrected chi connectivity index (χ1v) is 7.54. The van der Waals surface area contributed by atoms with Gasteiger partial charge in [0.1, 0.15) is 4.47 Å². The Hall–Kier alpha value is -1.41. The molecule has 1 aromatic heterocycles.